The Hall–Kier alpha value is -3.00. The molecule has 0 aliphatic carbocycles. The van der Waals surface area contributed by atoms with E-state index in [-0.39, 0.29) is 22.8 Å². The van der Waals surface area contributed by atoms with E-state index < -0.39 is 16.1 Å². The summed E-state index contributed by atoms with van der Waals surface area (Å²) in [6.07, 6.45) is 0. The van der Waals surface area contributed by atoms with Gasteiger partial charge in [-0.3, -0.25) is 0 Å². The predicted octanol–water partition coefficient (Wildman–Crippen LogP) is 2.69. The summed E-state index contributed by atoms with van der Waals surface area (Å²) in [4.78, 5) is 12.2. The van der Waals surface area contributed by atoms with Gasteiger partial charge in [-0.2, -0.15) is 8.42 Å². The van der Waals surface area contributed by atoms with Crippen molar-refractivity contribution in [2.45, 2.75) is 11.8 Å². The van der Waals surface area contributed by atoms with E-state index in [2.05, 4.69) is 0 Å². The Morgan fingerprint density at radius 3 is 2.26 bits per heavy atom. The SMILES string of the molecule is COc1ccc(C2=C(OS(=O)(=O)c3ccc(C)cc3)COC2=O)cc1OC. The molecule has 8 heteroatoms. The molecule has 0 amide bonds. The van der Waals surface area contributed by atoms with Crippen LogP contribution in [0.5, 0.6) is 11.5 Å². The van der Waals surface area contributed by atoms with Crippen molar-refractivity contribution < 1.29 is 31.6 Å². The quantitative estimate of drug-likeness (QED) is 0.553. The van der Waals surface area contributed by atoms with Crippen LogP contribution >= 0.6 is 0 Å². The smallest absolute Gasteiger partial charge is 0.342 e. The maximum atomic E-state index is 12.5. The lowest BCUT2D eigenvalue weighted by atomic mass is 10.1. The van der Waals surface area contributed by atoms with Gasteiger partial charge in [0.15, 0.2) is 23.9 Å². The van der Waals surface area contributed by atoms with Gasteiger partial charge in [-0.1, -0.05) is 23.8 Å². The predicted molar refractivity (Wildman–Crippen MR) is 96.9 cm³/mol. The van der Waals surface area contributed by atoms with E-state index >= 15 is 0 Å². The molecule has 142 valence electrons. The van der Waals surface area contributed by atoms with Crippen LogP contribution < -0.4 is 9.47 Å². The fourth-order valence-electron chi connectivity index (χ4n) is 2.61. The number of rotatable bonds is 6. The zero-order valence-electron chi connectivity index (χ0n) is 15.0. The second-order valence-electron chi connectivity index (χ2n) is 5.79. The number of esters is 1. The molecule has 0 unspecified atom stereocenters. The number of hydrogen-bond acceptors (Lipinski definition) is 7. The first-order valence-corrected chi connectivity index (χ1v) is 9.40. The Morgan fingerprint density at radius 2 is 1.63 bits per heavy atom. The molecule has 0 saturated heterocycles. The minimum atomic E-state index is -4.10. The van der Waals surface area contributed by atoms with E-state index in [4.69, 9.17) is 18.4 Å². The van der Waals surface area contributed by atoms with Crippen molar-refractivity contribution in [1.82, 2.24) is 0 Å². The zero-order valence-corrected chi connectivity index (χ0v) is 15.8. The number of hydrogen-bond donors (Lipinski definition) is 0. The fourth-order valence-corrected chi connectivity index (χ4v) is 3.57. The summed E-state index contributed by atoms with van der Waals surface area (Å²) >= 11 is 0. The summed E-state index contributed by atoms with van der Waals surface area (Å²) < 4.78 is 45.7. The van der Waals surface area contributed by atoms with Crippen LogP contribution in [0.15, 0.2) is 53.1 Å². The Labute approximate surface area is 157 Å². The van der Waals surface area contributed by atoms with E-state index in [1.807, 2.05) is 6.92 Å². The van der Waals surface area contributed by atoms with Gasteiger partial charge < -0.3 is 18.4 Å². The lowest BCUT2D eigenvalue weighted by molar-refractivity contribution is -0.134. The van der Waals surface area contributed by atoms with Crippen LogP contribution in [0.4, 0.5) is 0 Å². The fraction of sp³-hybridized carbons (Fsp3) is 0.211. The average Bonchev–Trinajstić information content (AvgIpc) is 3.01. The van der Waals surface area contributed by atoms with Gasteiger partial charge in [0.25, 0.3) is 0 Å². The lowest BCUT2D eigenvalue weighted by Crippen LogP contribution is -2.08. The number of cyclic esters (lactones) is 1. The van der Waals surface area contributed by atoms with Gasteiger partial charge in [-0.25, -0.2) is 4.79 Å². The van der Waals surface area contributed by atoms with Crippen LogP contribution in [0.25, 0.3) is 5.57 Å². The molecule has 1 aliphatic rings. The first-order valence-electron chi connectivity index (χ1n) is 7.99. The van der Waals surface area contributed by atoms with Crippen LogP contribution in [-0.2, 0) is 23.8 Å². The minimum absolute atomic E-state index is 0.00777. The molecule has 2 aromatic rings. The third-order valence-corrected chi connectivity index (χ3v) is 5.28. The van der Waals surface area contributed by atoms with Crippen LogP contribution in [0.3, 0.4) is 0 Å². The van der Waals surface area contributed by atoms with E-state index in [0.29, 0.717) is 17.1 Å². The number of benzene rings is 2. The normalized spacial score (nSPS) is 14.1. The van der Waals surface area contributed by atoms with E-state index in [1.165, 1.54) is 26.4 Å². The first kappa shape index (κ1) is 18.8. The van der Waals surface area contributed by atoms with Crippen molar-refractivity contribution in [3.63, 3.8) is 0 Å². The maximum absolute atomic E-state index is 12.5. The summed E-state index contributed by atoms with van der Waals surface area (Å²) in [5.74, 6) is 0.120. The van der Waals surface area contributed by atoms with Crippen molar-refractivity contribution in [1.29, 1.82) is 0 Å². The van der Waals surface area contributed by atoms with Crippen molar-refractivity contribution in [3.05, 3.63) is 59.4 Å². The molecule has 0 fully saturated rings. The Bertz CT molecular complexity index is 1000. The third-order valence-electron chi connectivity index (χ3n) is 4.01. The maximum Gasteiger partial charge on any atom is 0.342 e. The van der Waals surface area contributed by atoms with Gasteiger partial charge in [0.2, 0.25) is 0 Å². The minimum Gasteiger partial charge on any atom is -0.493 e. The van der Waals surface area contributed by atoms with Crippen molar-refractivity contribution >= 4 is 21.7 Å². The molecule has 0 spiro atoms. The Balaban J connectivity index is 2.01. The molecule has 3 rings (SSSR count). The highest BCUT2D eigenvalue weighted by Gasteiger charge is 2.32. The molecule has 1 aliphatic heterocycles. The molecule has 2 aromatic carbocycles. The largest absolute Gasteiger partial charge is 0.493 e. The molecule has 27 heavy (non-hydrogen) atoms. The van der Waals surface area contributed by atoms with Crippen LogP contribution in [0.1, 0.15) is 11.1 Å². The molecule has 0 radical (unpaired) electrons. The second-order valence-corrected chi connectivity index (χ2v) is 7.34. The highest BCUT2D eigenvalue weighted by atomic mass is 32.2. The van der Waals surface area contributed by atoms with Gasteiger partial charge in [-0.15, -0.1) is 0 Å². The highest BCUT2D eigenvalue weighted by Crippen LogP contribution is 2.35. The first-order chi connectivity index (χ1) is 12.9. The topological polar surface area (TPSA) is 88.1 Å². The molecular weight excluding hydrogens is 372 g/mol. The molecule has 0 bridgehead atoms. The van der Waals surface area contributed by atoms with E-state index in [9.17, 15) is 13.2 Å². The summed E-state index contributed by atoms with van der Waals surface area (Å²) in [6.45, 7) is 1.58. The van der Waals surface area contributed by atoms with Crippen LogP contribution in [0.2, 0.25) is 0 Å². The average molecular weight is 390 g/mol. The molecule has 7 nitrogen and oxygen atoms in total. The van der Waals surface area contributed by atoms with Crippen LogP contribution in [-0.4, -0.2) is 35.2 Å². The van der Waals surface area contributed by atoms with Gasteiger partial charge in [0, 0.05) is 0 Å². The van der Waals surface area contributed by atoms with Gasteiger partial charge in [-0.05, 0) is 36.8 Å². The second kappa shape index (κ2) is 7.32. The summed E-state index contributed by atoms with van der Waals surface area (Å²) in [7, 11) is -1.15. The van der Waals surface area contributed by atoms with Gasteiger partial charge in [0.05, 0.1) is 14.2 Å². The van der Waals surface area contributed by atoms with E-state index in [1.54, 1.807) is 30.3 Å². The standard InChI is InChI=1S/C19H18O7S/c1-12-4-7-14(8-5-12)27(21,22)26-17-11-25-19(20)18(17)13-6-9-15(23-2)16(10-13)24-3/h4-10H,11H2,1-3H3. The summed E-state index contributed by atoms with van der Waals surface area (Å²) in [6, 6.07) is 11.0. The van der Waals surface area contributed by atoms with E-state index in [0.717, 1.165) is 5.56 Å². The third kappa shape index (κ3) is 3.75. The van der Waals surface area contributed by atoms with Gasteiger partial charge >= 0.3 is 16.1 Å². The number of carbonyl (C=O) groups excluding carboxylic acids is 1. The lowest BCUT2D eigenvalue weighted by Gasteiger charge is -2.11. The number of carbonyl (C=O) groups is 1. The molecule has 0 aromatic heterocycles. The zero-order chi connectivity index (χ0) is 19.6. The number of ether oxygens (including phenoxy) is 3. The Kier molecular flexibility index (Phi) is 5.09. The van der Waals surface area contributed by atoms with Crippen LogP contribution in [0, 0.1) is 6.92 Å². The monoisotopic (exact) mass is 390 g/mol. The molecular formula is C19H18O7S. The summed E-state index contributed by atoms with van der Waals surface area (Å²) in [5, 5.41) is 0. The van der Waals surface area contributed by atoms with Crippen molar-refractivity contribution in [2.75, 3.05) is 20.8 Å². The summed E-state index contributed by atoms with van der Waals surface area (Å²) in [5.41, 5.74) is 1.36. The molecule has 1 heterocycles. The van der Waals surface area contributed by atoms with Crippen molar-refractivity contribution in [3.8, 4) is 11.5 Å². The Morgan fingerprint density at radius 1 is 0.963 bits per heavy atom. The molecule has 0 atom stereocenters. The van der Waals surface area contributed by atoms with Crippen molar-refractivity contribution in [2.24, 2.45) is 0 Å². The molecule has 0 N–H and O–H groups in total. The number of methoxy groups -OCH3 is 2. The molecule has 0 saturated carbocycles. The number of aryl methyl sites for hydroxylation is 1. The van der Waals surface area contributed by atoms with Gasteiger partial charge in [0.1, 0.15) is 10.5 Å². The highest BCUT2D eigenvalue weighted by molar-refractivity contribution is 7.86.